The van der Waals surface area contributed by atoms with Crippen LogP contribution in [0.15, 0.2) is 127 Å². The third-order valence-electron chi connectivity index (χ3n) is 9.20. The number of carbonyl (C=O) groups is 3. The van der Waals surface area contributed by atoms with Crippen LogP contribution in [0.1, 0.15) is 27.8 Å². The van der Waals surface area contributed by atoms with E-state index in [4.69, 9.17) is 9.47 Å². The second-order valence-electron chi connectivity index (χ2n) is 12.3. The lowest BCUT2D eigenvalue weighted by Crippen LogP contribution is -2.65. The molecular formula is C41H35N3O5. The molecule has 7 rings (SSSR count). The van der Waals surface area contributed by atoms with Crippen LogP contribution in [0.4, 0.5) is 21.9 Å². The van der Waals surface area contributed by atoms with Gasteiger partial charge in [0.05, 0.1) is 31.2 Å². The molecule has 3 amide bonds. The van der Waals surface area contributed by atoms with Gasteiger partial charge in [-0.25, -0.2) is 4.79 Å². The number of aryl methyl sites for hydroxylation is 3. The van der Waals surface area contributed by atoms with Crippen molar-refractivity contribution in [1.29, 1.82) is 0 Å². The van der Waals surface area contributed by atoms with E-state index in [1.165, 1.54) is 4.90 Å². The Morgan fingerprint density at radius 1 is 0.510 bits per heavy atom. The summed E-state index contributed by atoms with van der Waals surface area (Å²) in [5.74, 6) is -0.277. The van der Waals surface area contributed by atoms with Gasteiger partial charge in [0.1, 0.15) is 11.5 Å². The zero-order valence-electron chi connectivity index (χ0n) is 27.9. The minimum atomic E-state index is -1.74. The summed E-state index contributed by atoms with van der Waals surface area (Å²) < 4.78 is 11.0. The van der Waals surface area contributed by atoms with Crippen molar-refractivity contribution >= 4 is 40.5 Å². The summed E-state index contributed by atoms with van der Waals surface area (Å²) in [5.41, 5.74) is 4.32. The quantitative estimate of drug-likeness (QED) is 0.167. The van der Waals surface area contributed by atoms with Crippen molar-refractivity contribution in [3.8, 4) is 11.5 Å². The first-order chi connectivity index (χ1) is 23.7. The zero-order valence-corrected chi connectivity index (χ0v) is 27.9. The van der Waals surface area contributed by atoms with Gasteiger partial charge in [0.15, 0.2) is 5.66 Å². The number of benzene rings is 5. The van der Waals surface area contributed by atoms with Crippen LogP contribution >= 0.6 is 0 Å². The first-order valence-corrected chi connectivity index (χ1v) is 16.0. The lowest BCUT2D eigenvalue weighted by molar-refractivity contribution is -0.132. The van der Waals surface area contributed by atoms with Gasteiger partial charge in [-0.2, -0.15) is 0 Å². The number of hydrogen-bond acceptors (Lipinski definition) is 5. The summed E-state index contributed by atoms with van der Waals surface area (Å²) in [5, 5.41) is 0. The average molecular weight is 650 g/mol. The molecule has 0 radical (unpaired) electrons. The number of hydrogen-bond donors (Lipinski definition) is 0. The molecule has 1 fully saturated rings. The summed E-state index contributed by atoms with van der Waals surface area (Å²) in [6.07, 6.45) is 0. The lowest BCUT2D eigenvalue weighted by Gasteiger charge is -2.52. The van der Waals surface area contributed by atoms with Crippen molar-refractivity contribution in [2.24, 2.45) is 0 Å². The molecule has 5 aromatic rings. The largest absolute Gasteiger partial charge is 0.497 e. The smallest absolute Gasteiger partial charge is 0.336 e. The molecule has 49 heavy (non-hydrogen) atoms. The van der Waals surface area contributed by atoms with Crippen molar-refractivity contribution in [2.45, 2.75) is 26.4 Å². The molecule has 2 heterocycles. The molecule has 8 heteroatoms. The van der Waals surface area contributed by atoms with E-state index in [9.17, 15) is 9.59 Å². The first-order valence-electron chi connectivity index (χ1n) is 16.0. The SMILES string of the molecule is COc1ccc(C2=C3C(=O)C(=O)N(c4ccc(C)cc4)[C@]3(c3ccc(OC)cc3)N(c3ccc(C)cc3)C(=O)N2c2ccc(C)cc2)cc1. The molecule has 1 saturated heterocycles. The number of nitrogens with zero attached hydrogens (tertiary/aromatic N) is 3. The van der Waals surface area contributed by atoms with Crippen molar-refractivity contribution in [2.75, 3.05) is 28.9 Å². The maximum Gasteiger partial charge on any atom is 0.336 e. The van der Waals surface area contributed by atoms with E-state index in [1.54, 1.807) is 48.3 Å². The number of carbonyl (C=O) groups excluding carboxylic acids is 3. The predicted octanol–water partition coefficient (Wildman–Crippen LogP) is 7.96. The molecule has 244 valence electrons. The number of amides is 3. The maximum absolute atomic E-state index is 15.6. The number of methoxy groups -OCH3 is 2. The van der Waals surface area contributed by atoms with Crippen LogP contribution in [0.2, 0.25) is 0 Å². The third-order valence-corrected chi connectivity index (χ3v) is 9.20. The van der Waals surface area contributed by atoms with Crippen LogP contribution in [0.25, 0.3) is 5.70 Å². The summed E-state index contributed by atoms with van der Waals surface area (Å²) in [6, 6.07) is 36.4. The Hall–Kier alpha value is -6.15. The fourth-order valence-electron chi connectivity index (χ4n) is 6.73. The molecule has 0 aliphatic carbocycles. The molecule has 8 nitrogen and oxygen atoms in total. The summed E-state index contributed by atoms with van der Waals surface area (Å²) in [6.45, 7) is 5.89. The number of fused-ring (bicyclic) bond motifs is 1. The molecule has 1 atom stereocenters. The second kappa shape index (κ2) is 12.1. The standard InChI is InChI=1S/C41H35N3O5/c1-26-6-16-31(17-7-26)42-37(29-12-22-34(48-4)23-13-29)36-38(45)39(46)43(32-18-8-27(2)9-19-32)41(36,30-14-24-35(49-5)25-15-30)44(40(42)47)33-20-10-28(3)11-21-33/h6-25H,1-5H3/t41-/m1/s1. The van der Waals surface area contributed by atoms with Crippen LogP contribution in [-0.4, -0.2) is 31.9 Å². The van der Waals surface area contributed by atoms with Crippen LogP contribution in [0, 0.1) is 20.8 Å². The van der Waals surface area contributed by atoms with Crippen molar-refractivity contribution < 1.29 is 23.9 Å². The second-order valence-corrected chi connectivity index (χ2v) is 12.3. The average Bonchev–Trinajstić information content (AvgIpc) is 3.35. The Balaban J connectivity index is 1.68. The Morgan fingerprint density at radius 2 is 0.939 bits per heavy atom. The van der Waals surface area contributed by atoms with Gasteiger partial charge >= 0.3 is 11.9 Å². The number of ether oxygens (including phenoxy) is 2. The lowest BCUT2D eigenvalue weighted by atomic mass is 9.83. The number of rotatable bonds is 7. The van der Waals surface area contributed by atoms with E-state index < -0.39 is 23.4 Å². The molecule has 0 aromatic heterocycles. The van der Waals surface area contributed by atoms with Gasteiger partial charge in [0.2, 0.25) is 0 Å². The Kier molecular flexibility index (Phi) is 7.79. The fourth-order valence-corrected chi connectivity index (χ4v) is 6.73. The van der Waals surface area contributed by atoms with Gasteiger partial charge < -0.3 is 9.47 Å². The van der Waals surface area contributed by atoms with Crippen molar-refractivity contribution in [1.82, 2.24) is 0 Å². The molecule has 5 aromatic carbocycles. The van der Waals surface area contributed by atoms with E-state index in [2.05, 4.69) is 0 Å². The maximum atomic E-state index is 15.6. The molecule has 2 aliphatic heterocycles. The van der Waals surface area contributed by atoms with Crippen LogP contribution in [0.5, 0.6) is 11.5 Å². The number of urea groups is 1. The van der Waals surface area contributed by atoms with Crippen LogP contribution < -0.4 is 24.2 Å². The van der Waals surface area contributed by atoms with Gasteiger partial charge in [-0.3, -0.25) is 24.3 Å². The highest BCUT2D eigenvalue weighted by Crippen LogP contribution is 2.55. The van der Waals surface area contributed by atoms with Crippen LogP contribution in [-0.2, 0) is 15.3 Å². The summed E-state index contributed by atoms with van der Waals surface area (Å²) in [4.78, 5) is 49.8. The minimum absolute atomic E-state index is 0.147. The highest BCUT2D eigenvalue weighted by atomic mass is 16.5. The third kappa shape index (κ3) is 4.95. The van der Waals surface area contributed by atoms with Crippen LogP contribution in [0.3, 0.4) is 0 Å². The number of anilines is 3. The van der Waals surface area contributed by atoms with E-state index in [-0.39, 0.29) is 5.57 Å². The summed E-state index contributed by atoms with van der Waals surface area (Å²) in [7, 11) is 3.15. The first kappa shape index (κ1) is 31.4. The minimum Gasteiger partial charge on any atom is -0.497 e. The Morgan fingerprint density at radius 3 is 1.41 bits per heavy atom. The van der Waals surface area contributed by atoms with E-state index >= 15 is 4.79 Å². The molecule has 0 N–H and O–H groups in total. The molecule has 0 unspecified atom stereocenters. The fraction of sp³-hybridized carbons (Fsp3) is 0.146. The number of ketones is 1. The van der Waals surface area contributed by atoms with Gasteiger partial charge in [-0.1, -0.05) is 65.2 Å². The van der Waals surface area contributed by atoms with Gasteiger partial charge in [0.25, 0.3) is 5.78 Å². The topological polar surface area (TPSA) is 79.4 Å². The van der Waals surface area contributed by atoms with E-state index in [1.807, 2.05) is 118 Å². The predicted molar refractivity (Wildman–Crippen MR) is 191 cm³/mol. The monoisotopic (exact) mass is 649 g/mol. The molecule has 0 saturated carbocycles. The van der Waals surface area contributed by atoms with Gasteiger partial charge in [-0.05, 0) is 99.1 Å². The van der Waals surface area contributed by atoms with Crippen molar-refractivity contribution in [3.05, 3.63) is 155 Å². The van der Waals surface area contributed by atoms with E-state index in [0.717, 1.165) is 16.7 Å². The highest BCUT2D eigenvalue weighted by molar-refractivity contribution is 6.54. The Bertz CT molecular complexity index is 2100. The Labute approximate surface area is 285 Å². The molecular weight excluding hydrogens is 614 g/mol. The molecule has 2 aliphatic rings. The highest BCUT2D eigenvalue weighted by Gasteiger charge is 2.66. The van der Waals surface area contributed by atoms with Gasteiger partial charge in [-0.15, -0.1) is 0 Å². The molecule has 0 spiro atoms. The zero-order chi connectivity index (χ0) is 34.4. The summed E-state index contributed by atoms with van der Waals surface area (Å²) >= 11 is 0. The normalized spacial score (nSPS) is 17.5. The van der Waals surface area contributed by atoms with E-state index in [0.29, 0.717) is 45.4 Å². The molecule has 0 bridgehead atoms. The number of Topliss-reactive ketones (excluding diaryl/α,β-unsaturated/α-hetero) is 1. The van der Waals surface area contributed by atoms with Crippen molar-refractivity contribution in [3.63, 3.8) is 0 Å². The van der Waals surface area contributed by atoms with Gasteiger partial charge in [0, 0.05) is 16.9 Å².